The van der Waals surface area contributed by atoms with E-state index >= 15 is 0 Å². The molecule has 1 aliphatic rings. The summed E-state index contributed by atoms with van der Waals surface area (Å²) in [5.41, 5.74) is 6.62. The second kappa shape index (κ2) is 8.76. The molecule has 1 heterocycles. The first kappa shape index (κ1) is 18.5. The quantitative estimate of drug-likeness (QED) is 0.851. The Labute approximate surface area is 137 Å². The summed E-state index contributed by atoms with van der Waals surface area (Å²) in [5.74, 6) is -0.297. The van der Waals surface area contributed by atoms with Crippen LogP contribution in [-0.2, 0) is 16.0 Å². The molecular weight excluding hydrogens is 302 g/mol. The van der Waals surface area contributed by atoms with Crippen LogP contribution >= 0.6 is 12.4 Å². The maximum absolute atomic E-state index is 12.6. The normalized spacial score (nSPS) is 16.5. The highest BCUT2D eigenvalue weighted by atomic mass is 35.5. The minimum Gasteiger partial charge on any atom is -0.343 e. The number of hydrogen-bond acceptors (Lipinski definition) is 3. The van der Waals surface area contributed by atoms with Gasteiger partial charge in [0.05, 0.1) is 6.04 Å². The van der Waals surface area contributed by atoms with Gasteiger partial charge in [-0.2, -0.15) is 0 Å². The van der Waals surface area contributed by atoms with Crippen molar-refractivity contribution in [2.75, 3.05) is 13.1 Å². The molecule has 1 aromatic rings. The summed E-state index contributed by atoms with van der Waals surface area (Å²) in [7, 11) is 0. The predicted octanol–water partition coefficient (Wildman–Crippen LogP) is 1.11. The fraction of sp³-hybridized carbons (Fsp3) is 0.500. The van der Waals surface area contributed by atoms with Crippen LogP contribution in [0.4, 0.5) is 0 Å². The van der Waals surface area contributed by atoms with Crippen LogP contribution in [0.1, 0.15) is 25.3 Å². The van der Waals surface area contributed by atoms with Crippen LogP contribution < -0.4 is 11.1 Å². The van der Waals surface area contributed by atoms with Gasteiger partial charge in [0.25, 0.3) is 0 Å². The molecule has 3 N–H and O–H groups in total. The minimum atomic E-state index is -0.616. The number of rotatable bonds is 5. The van der Waals surface area contributed by atoms with Gasteiger partial charge < -0.3 is 16.0 Å². The zero-order valence-electron chi connectivity index (χ0n) is 12.8. The summed E-state index contributed by atoms with van der Waals surface area (Å²) in [6.07, 6.45) is 2.56. The number of likely N-dealkylation sites (tertiary alicyclic amines) is 1. The van der Waals surface area contributed by atoms with Crippen LogP contribution in [0.2, 0.25) is 0 Å². The lowest BCUT2D eigenvalue weighted by Crippen LogP contribution is -2.52. The summed E-state index contributed by atoms with van der Waals surface area (Å²) in [6.45, 7) is 3.17. The number of nitrogens with two attached hydrogens (primary N) is 1. The van der Waals surface area contributed by atoms with E-state index in [2.05, 4.69) is 5.32 Å². The lowest BCUT2D eigenvalue weighted by atomic mass is 10.0. The van der Waals surface area contributed by atoms with Crippen LogP contribution in [0, 0.1) is 0 Å². The summed E-state index contributed by atoms with van der Waals surface area (Å²) >= 11 is 0. The van der Waals surface area contributed by atoms with Crippen molar-refractivity contribution in [3.63, 3.8) is 0 Å². The van der Waals surface area contributed by atoms with Gasteiger partial charge in [-0.25, -0.2) is 0 Å². The lowest BCUT2D eigenvalue weighted by molar-refractivity contribution is -0.135. The van der Waals surface area contributed by atoms with Gasteiger partial charge in [-0.15, -0.1) is 12.4 Å². The first-order valence-electron chi connectivity index (χ1n) is 7.46. The number of carbonyl (C=O) groups is 2. The lowest BCUT2D eigenvalue weighted by Gasteiger charge is -2.25. The standard InChI is InChI=1S/C16H23N3O2.ClH/c1-12(17)15(20)18-14(11-13-7-3-2-4-8-13)16(21)19-9-5-6-10-19;/h2-4,7-8,12,14H,5-6,9-11,17H2,1H3,(H,18,20);1H/t12-,14?;/m0./s1. The molecule has 0 aromatic heterocycles. The van der Waals surface area contributed by atoms with E-state index < -0.39 is 12.1 Å². The van der Waals surface area contributed by atoms with Gasteiger partial charge in [-0.3, -0.25) is 9.59 Å². The van der Waals surface area contributed by atoms with Crippen LogP contribution in [0.15, 0.2) is 30.3 Å². The topological polar surface area (TPSA) is 75.4 Å². The highest BCUT2D eigenvalue weighted by Crippen LogP contribution is 2.12. The Kier molecular flexibility index (Phi) is 7.35. The average molecular weight is 326 g/mol. The van der Waals surface area contributed by atoms with Crippen molar-refractivity contribution in [1.82, 2.24) is 10.2 Å². The van der Waals surface area contributed by atoms with Crippen molar-refractivity contribution in [3.8, 4) is 0 Å². The van der Waals surface area contributed by atoms with Crippen LogP contribution in [0.5, 0.6) is 0 Å². The summed E-state index contributed by atoms with van der Waals surface area (Å²) in [6, 6.07) is 8.56. The van der Waals surface area contributed by atoms with Crippen LogP contribution in [0.25, 0.3) is 0 Å². The van der Waals surface area contributed by atoms with Gasteiger partial charge >= 0.3 is 0 Å². The number of carbonyl (C=O) groups excluding carboxylic acids is 2. The van der Waals surface area contributed by atoms with E-state index in [1.54, 1.807) is 6.92 Å². The highest BCUT2D eigenvalue weighted by Gasteiger charge is 2.28. The third kappa shape index (κ3) is 5.00. The van der Waals surface area contributed by atoms with E-state index in [-0.39, 0.29) is 24.2 Å². The van der Waals surface area contributed by atoms with E-state index in [0.717, 1.165) is 31.5 Å². The second-order valence-corrected chi connectivity index (χ2v) is 5.57. The number of hydrogen-bond donors (Lipinski definition) is 2. The fourth-order valence-electron chi connectivity index (χ4n) is 2.51. The molecule has 22 heavy (non-hydrogen) atoms. The molecule has 2 amide bonds. The molecule has 1 fully saturated rings. The van der Waals surface area contributed by atoms with Gasteiger partial charge in [0, 0.05) is 19.5 Å². The van der Waals surface area contributed by atoms with E-state index in [1.165, 1.54) is 0 Å². The van der Waals surface area contributed by atoms with Crippen molar-refractivity contribution in [2.24, 2.45) is 5.73 Å². The Morgan fingerprint density at radius 1 is 1.23 bits per heavy atom. The molecule has 0 spiro atoms. The molecule has 6 heteroatoms. The van der Waals surface area contributed by atoms with Gasteiger partial charge in [-0.1, -0.05) is 30.3 Å². The molecule has 5 nitrogen and oxygen atoms in total. The Bertz CT molecular complexity index is 487. The number of halogens is 1. The smallest absolute Gasteiger partial charge is 0.245 e. The first-order chi connectivity index (χ1) is 10.1. The SMILES string of the molecule is C[C@H](N)C(=O)NC(Cc1ccccc1)C(=O)N1CCCC1.Cl. The minimum absolute atomic E-state index is 0. The zero-order valence-corrected chi connectivity index (χ0v) is 13.6. The summed E-state index contributed by atoms with van der Waals surface area (Å²) in [5, 5.41) is 2.79. The largest absolute Gasteiger partial charge is 0.343 e. The molecule has 0 radical (unpaired) electrons. The Morgan fingerprint density at radius 3 is 2.36 bits per heavy atom. The average Bonchev–Trinajstić information content (AvgIpc) is 3.01. The number of amides is 2. The Morgan fingerprint density at radius 2 is 1.82 bits per heavy atom. The Balaban J connectivity index is 0.00000242. The molecule has 1 unspecified atom stereocenters. The third-order valence-electron chi connectivity index (χ3n) is 3.73. The van der Waals surface area contributed by atoms with E-state index in [1.807, 2.05) is 35.2 Å². The summed E-state index contributed by atoms with van der Waals surface area (Å²) in [4.78, 5) is 26.3. The van der Waals surface area contributed by atoms with Crippen molar-refractivity contribution in [2.45, 2.75) is 38.3 Å². The predicted molar refractivity (Wildman–Crippen MR) is 88.8 cm³/mol. The molecular formula is C16H24ClN3O2. The van der Waals surface area contributed by atoms with Crippen molar-refractivity contribution >= 4 is 24.2 Å². The molecule has 0 bridgehead atoms. The van der Waals surface area contributed by atoms with Gasteiger partial charge in [0.2, 0.25) is 11.8 Å². The monoisotopic (exact) mass is 325 g/mol. The van der Waals surface area contributed by atoms with Gasteiger partial charge in [-0.05, 0) is 25.3 Å². The highest BCUT2D eigenvalue weighted by molar-refractivity contribution is 5.89. The maximum atomic E-state index is 12.6. The zero-order chi connectivity index (χ0) is 15.2. The summed E-state index contributed by atoms with van der Waals surface area (Å²) < 4.78 is 0. The molecule has 2 atom stereocenters. The number of nitrogens with zero attached hydrogens (tertiary/aromatic N) is 1. The molecule has 1 aromatic carbocycles. The molecule has 122 valence electrons. The van der Waals surface area contributed by atoms with E-state index in [0.29, 0.717) is 6.42 Å². The molecule has 2 rings (SSSR count). The Hall–Kier alpha value is -1.59. The van der Waals surface area contributed by atoms with E-state index in [9.17, 15) is 9.59 Å². The van der Waals surface area contributed by atoms with Crippen LogP contribution in [-0.4, -0.2) is 41.9 Å². The van der Waals surface area contributed by atoms with Crippen molar-refractivity contribution < 1.29 is 9.59 Å². The molecule has 1 aliphatic heterocycles. The van der Waals surface area contributed by atoms with Crippen molar-refractivity contribution in [1.29, 1.82) is 0 Å². The van der Waals surface area contributed by atoms with Crippen molar-refractivity contribution in [3.05, 3.63) is 35.9 Å². The first-order valence-corrected chi connectivity index (χ1v) is 7.46. The number of benzene rings is 1. The molecule has 0 saturated carbocycles. The third-order valence-corrected chi connectivity index (χ3v) is 3.73. The van der Waals surface area contributed by atoms with Gasteiger partial charge in [0.15, 0.2) is 0 Å². The fourth-order valence-corrected chi connectivity index (χ4v) is 2.51. The van der Waals surface area contributed by atoms with Gasteiger partial charge in [0.1, 0.15) is 6.04 Å². The van der Waals surface area contributed by atoms with E-state index in [4.69, 9.17) is 5.73 Å². The molecule has 1 saturated heterocycles. The number of nitrogens with one attached hydrogen (secondary N) is 1. The van der Waals surface area contributed by atoms with Crippen LogP contribution in [0.3, 0.4) is 0 Å². The second-order valence-electron chi connectivity index (χ2n) is 5.57. The molecule has 0 aliphatic carbocycles. The maximum Gasteiger partial charge on any atom is 0.245 e.